The molecule has 1 aromatic heterocycles. The molecule has 0 fully saturated rings. The van der Waals surface area contributed by atoms with Crippen LogP contribution in [-0.2, 0) is 16.6 Å². The summed E-state index contributed by atoms with van der Waals surface area (Å²) in [7, 11) is 1.64. The highest BCUT2D eigenvalue weighted by atomic mass is 79.9. The standard InChI is InChI=1S/C18H19BrN2O4/c1-11(13-4-6-15(19)7-5-13)20-17(23)10-25-18(24)16-8-14(12(2)22)9-21(16)3/h4-9,11H,10H2,1-3H3,(H,20,23)/t11-/m1/s1. The van der Waals surface area contributed by atoms with Gasteiger partial charge in [0.2, 0.25) is 0 Å². The number of esters is 1. The van der Waals surface area contributed by atoms with Crippen molar-refractivity contribution in [2.45, 2.75) is 19.9 Å². The first-order chi connectivity index (χ1) is 11.8. The largest absolute Gasteiger partial charge is 0.451 e. The lowest BCUT2D eigenvalue weighted by Crippen LogP contribution is -2.31. The van der Waals surface area contributed by atoms with Gasteiger partial charge in [0.25, 0.3) is 5.91 Å². The molecule has 1 heterocycles. The average Bonchev–Trinajstić information content (AvgIpc) is 2.95. The van der Waals surface area contributed by atoms with Gasteiger partial charge in [-0.2, -0.15) is 0 Å². The molecule has 0 saturated heterocycles. The van der Waals surface area contributed by atoms with Gasteiger partial charge in [-0.3, -0.25) is 9.59 Å². The molecule has 6 nitrogen and oxygen atoms in total. The quantitative estimate of drug-likeness (QED) is 0.590. The minimum absolute atomic E-state index is 0.143. The zero-order chi connectivity index (χ0) is 18.6. The summed E-state index contributed by atoms with van der Waals surface area (Å²) in [4.78, 5) is 35.4. The third kappa shape index (κ3) is 5.03. The van der Waals surface area contributed by atoms with E-state index < -0.39 is 11.9 Å². The van der Waals surface area contributed by atoms with Crippen molar-refractivity contribution in [1.29, 1.82) is 0 Å². The van der Waals surface area contributed by atoms with Crippen LogP contribution >= 0.6 is 15.9 Å². The molecule has 2 rings (SSSR count). The lowest BCUT2D eigenvalue weighted by Gasteiger charge is -2.14. The Labute approximate surface area is 154 Å². The van der Waals surface area contributed by atoms with Crippen LogP contribution in [0.2, 0.25) is 0 Å². The molecule has 0 aliphatic heterocycles. The van der Waals surface area contributed by atoms with Gasteiger partial charge in [-0.25, -0.2) is 4.79 Å². The number of ketones is 1. The van der Waals surface area contributed by atoms with Crippen LogP contribution in [0, 0.1) is 0 Å². The zero-order valence-electron chi connectivity index (χ0n) is 14.2. The molecule has 1 N–H and O–H groups in total. The van der Waals surface area contributed by atoms with E-state index in [1.807, 2.05) is 31.2 Å². The van der Waals surface area contributed by atoms with Crippen molar-refractivity contribution >= 4 is 33.6 Å². The van der Waals surface area contributed by atoms with Crippen molar-refractivity contribution in [1.82, 2.24) is 9.88 Å². The minimum Gasteiger partial charge on any atom is -0.451 e. The molecule has 1 aromatic carbocycles. The number of hydrogen-bond donors (Lipinski definition) is 1. The van der Waals surface area contributed by atoms with Gasteiger partial charge in [0.1, 0.15) is 5.69 Å². The number of benzene rings is 1. The summed E-state index contributed by atoms with van der Waals surface area (Å²) in [6.45, 7) is 2.88. The fraction of sp³-hybridized carbons (Fsp3) is 0.278. The summed E-state index contributed by atoms with van der Waals surface area (Å²) in [5, 5.41) is 2.77. The first kappa shape index (κ1) is 18.9. The Hall–Kier alpha value is -2.41. The molecule has 25 heavy (non-hydrogen) atoms. The second-order valence-corrected chi connectivity index (χ2v) is 6.61. The van der Waals surface area contributed by atoms with Crippen LogP contribution in [-0.4, -0.2) is 28.8 Å². The predicted molar refractivity (Wildman–Crippen MR) is 96.4 cm³/mol. The number of halogens is 1. The van der Waals surface area contributed by atoms with Crippen molar-refractivity contribution in [2.75, 3.05) is 6.61 Å². The maximum absolute atomic E-state index is 12.1. The molecular formula is C18H19BrN2O4. The number of rotatable bonds is 6. The first-order valence-corrected chi connectivity index (χ1v) is 8.46. The summed E-state index contributed by atoms with van der Waals surface area (Å²) < 4.78 is 7.49. The molecule has 0 saturated carbocycles. The van der Waals surface area contributed by atoms with E-state index in [0.29, 0.717) is 5.56 Å². The van der Waals surface area contributed by atoms with Gasteiger partial charge in [-0.05, 0) is 37.6 Å². The Bertz CT molecular complexity index is 796. The third-order valence-electron chi connectivity index (χ3n) is 3.70. The van der Waals surface area contributed by atoms with Gasteiger partial charge in [-0.15, -0.1) is 0 Å². The van der Waals surface area contributed by atoms with E-state index in [4.69, 9.17) is 4.74 Å². The van der Waals surface area contributed by atoms with E-state index in [2.05, 4.69) is 21.2 Å². The van der Waals surface area contributed by atoms with Crippen molar-refractivity contribution in [3.05, 3.63) is 57.8 Å². The van der Waals surface area contributed by atoms with Crippen LogP contribution in [0.25, 0.3) is 0 Å². The smallest absolute Gasteiger partial charge is 0.355 e. The highest BCUT2D eigenvalue weighted by Crippen LogP contribution is 2.16. The molecular weight excluding hydrogens is 388 g/mol. The Morgan fingerprint density at radius 3 is 2.44 bits per heavy atom. The van der Waals surface area contributed by atoms with E-state index >= 15 is 0 Å². The summed E-state index contributed by atoms with van der Waals surface area (Å²) in [6, 6.07) is 8.81. The van der Waals surface area contributed by atoms with Crippen molar-refractivity contribution in [3.63, 3.8) is 0 Å². The van der Waals surface area contributed by atoms with E-state index in [0.717, 1.165) is 10.0 Å². The van der Waals surface area contributed by atoms with E-state index in [1.165, 1.54) is 17.6 Å². The summed E-state index contributed by atoms with van der Waals surface area (Å²) in [5.74, 6) is -1.19. The number of nitrogens with zero attached hydrogens (tertiary/aromatic N) is 1. The number of Topliss-reactive ketones (excluding diaryl/α,β-unsaturated/α-hetero) is 1. The number of carbonyl (C=O) groups excluding carboxylic acids is 3. The molecule has 1 amide bonds. The molecule has 132 valence electrons. The monoisotopic (exact) mass is 406 g/mol. The molecule has 7 heteroatoms. The van der Waals surface area contributed by atoms with Gasteiger partial charge in [0.15, 0.2) is 12.4 Å². The van der Waals surface area contributed by atoms with Crippen molar-refractivity contribution < 1.29 is 19.1 Å². The SMILES string of the molecule is CC(=O)c1cc(C(=O)OCC(=O)N[C@H](C)c2ccc(Br)cc2)n(C)c1. The van der Waals surface area contributed by atoms with Crippen molar-refractivity contribution in [3.8, 4) is 0 Å². The van der Waals surface area contributed by atoms with Gasteiger partial charge in [0, 0.05) is 23.3 Å². The second-order valence-electron chi connectivity index (χ2n) is 5.70. The maximum atomic E-state index is 12.1. The average molecular weight is 407 g/mol. The normalized spacial score (nSPS) is 11.7. The molecule has 2 aromatic rings. The third-order valence-corrected chi connectivity index (χ3v) is 4.23. The number of amides is 1. The second kappa shape index (κ2) is 8.11. The number of aryl methyl sites for hydroxylation is 1. The summed E-state index contributed by atoms with van der Waals surface area (Å²) in [5.41, 5.74) is 1.58. The molecule has 1 atom stereocenters. The zero-order valence-corrected chi connectivity index (χ0v) is 15.8. The van der Waals surface area contributed by atoms with E-state index in [9.17, 15) is 14.4 Å². The van der Waals surface area contributed by atoms with Crippen LogP contribution in [0.5, 0.6) is 0 Å². The van der Waals surface area contributed by atoms with Crippen molar-refractivity contribution in [2.24, 2.45) is 7.05 Å². The molecule has 0 aliphatic rings. The Morgan fingerprint density at radius 1 is 1.24 bits per heavy atom. The lowest BCUT2D eigenvalue weighted by atomic mass is 10.1. The molecule has 0 radical (unpaired) electrons. The molecule has 0 spiro atoms. The number of aromatic nitrogens is 1. The van der Waals surface area contributed by atoms with Gasteiger partial charge in [0.05, 0.1) is 6.04 Å². The van der Waals surface area contributed by atoms with Gasteiger partial charge >= 0.3 is 5.97 Å². The Kier molecular flexibility index (Phi) is 6.14. The first-order valence-electron chi connectivity index (χ1n) is 7.67. The Balaban J connectivity index is 1.90. The number of ether oxygens (including phenoxy) is 1. The molecule has 0 aliphatic carbocycles. The molecule has 0 unspecified atom stereocenters. The lowest BCUT2D eigenvalue weighted by molar-refractivity contribution is -0.124. The maximum Gasteiger partial charge on any atom is 0.355 e. The summed E-state index contributed by atoms with van der Waals surface area (Å²) >= 11 is 3.36. The van der Waals surface area contributed by atoms with Crippen LogP contribution in [0.1, 0.15) is 46.3 Å². The molecule has 0 bridgehead atoms. The van der Waals surface area contributed by atoms with Gasteiger partial charge < -0.3 is 14.6 Å². The fourth-order valence-corrected chi connectivity index (χ4v) is 2.55. The highest BCUT2D eigenvalue weighted by Gasteiger charge is 2.17. The number of carbonyl (C=O) groups is 3. The van der Waals surface area contributed by atoms with Crippen LogP contribution in [0.15, 0.2) is 41.0 Å². The number of hydrogen-bond acceptors (Lipinski definition) is 4. The van der Waals surface area contributed by atoms with Crippen LogP contribution in [0.3, 0.4) is 0 Å². The van der Waals surface area contributed by atoms with Crippen LogP contribution in [0.4, 0.5) is 0 Å². The van der Waals surface area contributed by atoms with E-state index in [-0.39, 0.29) is 24.1 Å². The fourth-order valence-electron chi connectivity index (χ4n) is 2.28. The predicted octanol–water partition coefficient (Wildman–Crippen LogP) is 3.02. The minimum atomic E-state index is -0.651. The van der Waals surface area contributed by atoms with Crippen LogP contribution < -0.4 is 5.32 Å². The summed E-state index contributed by atoms with van der Waals surface area (Å²) in [6.07, 6.45) is 1.55. The van der Waals surface area contributed by atoms with Gasteiger partial charge in [-0.1, -0.05) is 28.1 Å². The highest BCUT2D eigenvalue weighted by molar-refractivity contribution is 9.10. The topological polar surface area (TPSA) is 77.4 Å². The number of nitrogens with one attached hydrogen (secondary N) is 1. The van der Waals surface area contributed by atoms with E-state index in [1.54, 1.807) is 13.2 Å². The Morgan fingerprint density at radius 2 is 1.88 bits per heavy atom.